The highest BCUT2D eigenvalue weighted by atomic mass is 16.5. The zero-order chi connectivity index (χ0) is 15.4. The number of pyridine rings is 1. The number of rotatable bonds is 5. The standard InChI is InChI=1S/C17H19N3O2/c1-22-9-7-19-17(21)14-10-15(12-18-11-14)20-8-6-13-4-2-3-5-16(13)20/h2-5,10-12H,6-9H2,1H3,(H,19,21). The van der Waals surface area contributed by atoms with Crippen molar-refractivity contribution < 1.29 is 9.53 Å². The monoisotopic (exact) mass is 297 g/mol. The van der Waals surface area contributed by atoms with Gasteiger partial charge < -0.3 is 15.0 Å². The normalized spacial score (nSPS) is 13.0. The van der Waals surface area contributed by atoms with Crippen LogP contribution in [0.4, 0.5) is 11.4 Å². The molecule has 1 N–H and O–H groups in total. The molecule has 1 aliphatic heterocycles. The summed E-state index contributed by atoms with van der Waals surface area (Å²) in [6.45, 7) is 1.90. The molecule has 0 unspecified atom stereocenters. The number of hydrogen-bond donors (Lipinski definition) is 1. The number of nitrogens with one attached hydrogen (secondary N) is 1. The highest BCUT2D eigenvalue weighted by Crippen LogP contribution is 2.33. The summed E-state index contributed by atoms with van der Waals surface area (Å²) in [7, 11) is 1.61. The van der Waals surface area contributed by atoms with Crippen LogP contribution in [0.5, 0.6) is 0 Å². The lowest BCUT2D eigenvalue weighted by Gasteiger charge is -2.19. The Morgan fingerprint density at radius 2 is 2.23 bits per heavy atom. The summed E-state index contributed by atoms with van der Waals surface area (Å²) >= 11 is 0. The average Bonchev–Trinajstić information content (AvgIpc) is 2.99. The molecule has 3 rings (SSSR count). The SMILES string of the molecule is COCCNC(=O)c1cncc(N2CCc3ccccc32)c1. The predicted molar refractivity (Wildman–Crippen MR) is 85.6 cm³/mol. The molecular weight excluding hydrogens is 278 g/mol. The van der Waals surface area contributed by atoms with Gasteiger partial charge in [0.15, 0.2) is 0 Å². The van der Waals surface area contributed by atoms with E-state index in [1.54, 1.807) is 19.5 Å². The van der Waals surface area contributed by atoms with E-state index in [-0.39, 0.29) is 5.91 Å². The molecule has 1 aliphatic rings. The van der Waals surface area contributed by atoms with Crippen molar-refractivity contribution in [2.75, 3.05) is 31.7 Å². The molecule has 5 nitrogen and oxygen atoms in total. The third-order valence-electron chi connectivity index (χ3n) is 3.78. The number of methoxy groups -OCH3 is 1. The number of ether oxygens (including phenoxy) is 1. The van der Waals surface area contributed by atoms with Gasteiger partial charge in [-0.05, 0) is 24.1 Å². The van der Waals surface area contributed by atoms with Crippen molar-refractivity contribution in [2.24, 2.45) is 0 Å². The minimum atomic E-state index is -0.126. The van der Waals surface area contributed by atoms with Gasteiger partial charge in [-0.3, -0.25) is 9.78 Å². The maximum atomic E-state index is 12.1. The van der Waals surface area contributed by atoms with Crippen molar-refractivity contribution in [3.05, 3.63) is 53.9 Å². The van der Waals surface area contributed by atoms with Crippen LogP contribution in [0.1, 0.15) is 15.9 Å². The van der Waals surface area contributed by atoms with Gasteiger partial charge in [-0.25, -0.2) is 0 Å². The summed E-state index contributed by atoms with van der Waals surface area (Å²) in [6.07, 6.45) is 4.40. The van der Waals surface area contributed by atoms with E-state index in [2.05, 4.69) is 33.4 Å². The van der Waals surface area contributed by atoms with E-state index in [9.17, 15) is 4.79 Å². The fourth-order valence-electron chi connectivity index (χ4n) is 2.67. The van der Waals surface area contributed by atoms with Gasteiger partial charge in [-0.15, -0.1) is 0 Å². The summed E-state index contributed by atoms with van der Waals surface area (Å²) in [4.78, 5) is 18.5. The van der Waals surface area contributed by atoms with E-state index in [0.29, 0.717) is 18.7 Å². The first kappa shape index (κ1) is 14.5. The third kappa shape index (κ3) is 2.94. The topological polar surface area (TPSA) is 54.5 Å². The lowest BCUT2D eigenvalue weighted by Crippen LogP contribution is -2.27. The Bertz CT molecular complexity index is 672. The summed E-state index contributed by atoms with van der Waals surface area (Å²) in [5, 5.41) is 2.81. The second-order valence-electron chi connectivity index (χ2n) is 5.21. The Kier molecular flexibility index (Phi) is 4.34. The van der Waals surface area contributed by atoms with Crippen LogP contribution in [0.2, 0.25) is 0 Å². The van der Waals surface area contributed by atoms with Gasteiger partial charge in [0.2, 0.25) is 0 Å². The number of carbonyl (C=O) groups is 1. The lowest BCUT2D eigenvalue weighted by molar-refractivity contribution is 0.0937. The van der Waals surface area contributed by atoms with Gasteiger partial charge in [0.1, 0.15) is 0 Å². The van der Waals surface area contributed by atoms with Crippen LogP contribution in [-0.4, -0.2) is 37.7 Å². The van der Waals surface area contributed by atoms with Crippen molar-refractivity contribution >= 4 is 17.3 Å². The average molecular weight is 297 g/mol. The molecule has 0 spiro atoms. The fourth-order valence-corrected chi connectivity index (χ4v) is 2.67. The van der Waals surface area contributed by atoms with Crippen LogP contribution in [-0.2, 0) is 11.2 Å². The minimum absolute atomic E-state index is 0.126. The summed E-state index contributed by atoms with van der Waals surface area (Å²) in [5.74, 6) is -0.126. The molecule has 2 heterocycles. The van der Waals surface area contributed by atoms with Crippen molar-refractivity contribution in [3.63, 3.8) is 0 Å². The molecule has 0 fully saturated rings. The molecule has 1 aromatic heterocycles. The van der Waals surface area contributed by atoms with Gasteiger partial charge in [-0.1, -0.05) is 18.2 Å². The summed E-state index contributed by atoms with van der Waals surface area (Å²) in [6, 6.07) is 10.2. The second kappa shape index (κ2) is 6.58. The Morgan fingerprint density at radius 1 is 1.36 bits per heavy atom. The van der Waals surface area contributed by atoms with E-state index < -0.39 is 0 Å². The number of benzene rings is 1. The van der Waals surface area contributed by atoms with Crippen LogP contribution in [0.15, 0.2) is 42.7 Å². The molecule has 0 bridgehead atoms. The van der Waals surface area contributed by atoms with Gasteiger partial charge >= 0.3 is 0 Å². The lowest BCUT2D eigenvalue weighted by atomic mass is 10.2. The second-order valence-corrected chi connectivity index (χ2v) is 5.21. The highest BCUT2D eigenvalue weighted by Gasteiger charge is 2.20. The Hall–Kier alpha value is -2.40. The quantitative estimate of drug-likeness (QED) is 0.859. The highest BCUT2D eigenvalue weighted by molar-refractivity contribution is 5.95. The molecule has 0 radical (unpaired) electrons. The van der Waals surface area contributed by atoms with E-state index in [1.165, 1.54) is 11.3 Å². The molecule has 0 atom stereocenters. The van der Waals surface area contributed by atoms with E-state index >= 15 is 0 Å². The Morgan fingerprint density at radius 3 is 3.09 bits per heavy atom. The third-order valence-corrected chi connectivity index (χ3v) is 3.78. The Balaban J connectivity index is 1.79. The van der Waals surface area contributed by atoms with Crippen LogP contribution < -0.4 is 10.2 Å². The molecule has 1 aromatic carbocycles. The molecule has 1 amide bonds. The minimum Gasteiger partial charge on any atom is -0.383 e. The van der Waals surface area contributed by atoms with Crippen molar-refractivity contribution in [3.8, 4) is 0 Å². The van der Waals surface area contributed by atoms with Crippen LogP contribution in [0, 0.1) is 0 Å². The maximum Gasteiger partial charge on any atom is 0.253 e. The van der Waals surface area contributed by atoms with E-state index in [0.717, 1.165) is 18.7 Å². The first-order valence-corrected chi connectivity index (χ1v) is 7.37. The molecule has 5 heteroatoms. The zero-order valence-corrected chi connectivity index (χ0v) is 12.6. The van der Waals surface area contributed by atoms with Gasteiger partial charge in [-0.2, -0.15) is 0 Å². The number of para-hydroxylation sites is 1. The Labute approximate surface area is 129 Å². The maximum absolute atomic E-state index is 12.1. The zero-order valence-electron chi connectivity index (χ0n) is 12.6. The number of fused-ring (bicyclic) bond motifs is 1. The van der Waals surface area contributed by atoms with Crippen LogP contribution in [0.25, 0.3) is 0 Å². The molecule has 2 aromatic rings. The number of carbonyl (C=O) groups excluding carboxylic acids is 1. The molecule has 114 valence electrons. The first-order valence-electron chi connectivity index (χ1n) is 7.37. The number of nitrogens with zero attached hydrogens (tertiary/aromatic N) is 2. The number of amides is 1. The molecule has 0 saturated carbocycles. The van der Waals surface area contributed by atoms with Gasteiger partial charge in [0, 0.05) is 32.1 Å². The smallest absolute Gasteiger partial charge is 0.253 e. The van der Waals surface area contributed by atoms with Crippen LogP contribution >= 0.6 is 0 Å². The molecule has 22 heavy (non-hydrogen) atoms. The first-order chi connectivity index (χ1) is 10.8. The number of anilines is 2. The van der Waals surface area contributed by atoms with Crippen molar-refractivity contribution in [2.45, 2.75) is 6.42 Å². The predicted octanol–water partition coefficient (Wildman–Crippen LogP) is 2.15. The largest absolute Gasteiger partial charge is 0.383 e. The molecule has 0 aliphatic carbocycles. The number of aromatic nitrogens is 1. The van der Waals surface area contributed by atoms with Crippen molar-refractivity contribution in [1.82, 2.24) is 10.3 Å². The summed E-state index contributed by atoms with van der Waals surface area (Å²) < 4.78 is 4.93. The van der Waals surface area contributed by atoms with Crippen molar-refractivity contribution in [1.29, 1.82) is 0 Å². The van der Waals surface area contributed by atoms with Gasteiger partial charge in [0.05, 0.1) is 24.1 Å². The van der Waals surface area contributed by atoms with Gasteiger partial charge in [0.25, 0.3) is 5.91 Å². The summed E-state index contributed by atoms with van der Waals surface area (Å²) in [5.41, 5.74) is 4.04. The molecular formula is C17H19N3O2. The molecule has 0 saturated heterocycles. The van der Waals surface area contributed by atoms with E-state index in [4.69, 9.17) is 4.74 Å². The fraction of sp³-hybridized carbons (Fsp3) is 0.294. The van der Waals surface area contributed by atoms with Crippen LogP contribution in [0.3, 0.4) is 0 Å². The van der Waals surface area contributed by atoms with E-state index in [1.807, 2.05) is 12.1 Å². The number of hydrogen-bond acceptors (Lipinski definition) is 4.